The summed E-state index contributed by atoms with van der Waals surface area (Å²) in [5, 5.41) is 5.45. The SMILES string of the molecule is O=C(N1CCN(c2cnccn2)CC1)N1N=CC[C@H]1c1cc(F)cc(F)c1. The van der Waals surface area contributed by atoms with E-state index < -0.39 is 17.7 Å². The molecule has 2 aromatic rings. The van der Waals surface area contributed by atoms with Gasteiger partial charge in [-0.25, -0.2) is 23.6 Å². The zero-order valence-corrected chi connectivity index (χ0v) is 14.5. The number of hydrazone groups is 1. The first-order valence-corrected chi connectivity index (χ1v) is 8.69. The van der Waals surface area contributed by atoms with Crippen LogP contribution < -0.4 is 4.90 Å². The molecular weight excluding hydrogens is 354 g/mol. The quantitative estimate of drug-likeness (QED) is 0.812. The smallest absolute Gasteiger partial charge is 0.341 e. The van der Waals surface area contributed by atoms with Gasteiger partial charge < -0.3 is 9.80 Å². The maximum atomic E-state index is 13.6. The van der Waals surface area contributed by atoms with Gasteiger partial charge in [-0.15, -0.1) is 0 Å². The van der Waals surface area contributed by atoms with Gasteiger partial charge in [0.05, 0.1) is 12.2 Å². The summed E-state index contributed by atoms with van der Waals surface area (Å²) in [7, 11) is 0. The number of aromatic nitrogens is 2. The summed E-state index contributed by atoms with van der Waals surface area (Å²) < 4.78 is 27.1. The van der Waals surface area contributed by atoms with E-state index in [1.54, 1.807) is 29.7 Å². The predicted molar refractivity (Wildman–Crippen MR) is 95.3 cm³/mol. The fourth-order valence-electron chi connectivity index (χ4n) is 3.37. The number of benzene rings is 1. The van der Waals surface area contributed by atoms with Crippen molar-refractivity contribution in [1.82, 2.24) is 19.9 Å². The predicted octanol–water partition coefficient (Wildman–Crippen LogP) is 2.43. The van der Waals surface area contributed by atoms with Gasteiger partial charge in [0.25, 0.3) is 0 Å². The van der Waals surface area contributed by atoms with Gasteiger partial charge in [0.15, 0.2) is 0 Å². The fourth-order valence-corrected chi connectivity index (χ4v) is 3.37. The number of carbonyl (C=O) groups excluding carboxylic acids is 1. The van der Waals surface area contributed by atoms with Crippen molar-refractivity contribution in [3.63, 3.8) is 0 Å². The number of hydrogen-bond donors (Lipinski definition) is 0. The second-order valence-electron chi connectivity index (χ2n) is 6.42. The van der Waals surface area contributed by atoms with Crippen LogP contribution in [0.3, 0.4) is 0 Å². The lowest BCUT2D eigenvalue weighted by Gasteiger charge is -2.37. The lowest BCUT2D eigenvalue weighted by Crippen LogP contribution is -2.52. The van der Waals surface area contributed by atoms with Crippen molar-refractivity contribution < 1.29 is 13.6 Å². The zero-order valence-electron chi connectivity index (χ0n) is 14.5. The highest BCUT2D eigenvalue weighted by atomic mass is 19.1. The second-order valence-corrected chi connectivity index (χ2v) is 6.42. The standard InChI is InChI=1S/C18H18F2N6O/c19-14-9-13(10-15(20)11-14)16-1-2-23-26(16)18(27)25-7-5-24(6-8-25)17-12-21-3-4-22-17/h2-4,9-12,16H,1,5-8H2/t16-/m0/s1. The van der Waals surface area contributed by atoms with E-state index in [0.29, 0.717) is 38.2 Å². The van der Waals surface area contributed by atoms with Crippen molar-refractivity contribution >= 4 is 18.1 Å². The van der Waals surface area contributed by atoms with Crippen LogP contribution in [0.2, 0.25) is 0 Å². The van der Waals surface area contributed by atoms with E-state index in [1.807, 2.05) is 0 Å². The van der Waals surface area contributed by atoms with Gasteiger partial charge in [-0.2, -0.15) is 5.10 Å². The number of amides is 2. The Kier molecular flexibility index (Phi) is 4.66. The maximum absolute atomic E-state index is 13.6. The van der Waals surface area contributed by atoms with Crippen LogP contribution in [-0.4, -0.2) is 58.3 Å². The number of halogens is 2. The first-order valence-electron chi connectivity index (χ1n) is 8.69. The van der Waals surface area contributed by atoms with Crippen molar-refractivity contribution in [2.24, 2.45) is 5.10 Å². The number of hydrogen-bond acceptors (Lipinski definition) is 5. The van der Waals surface area contributed by atoms with Crippen molar-refractivity contribution in [3.05, 3.63) is 54.0 Å². The molecule has 4 rings (SSSR count). The Balaban J connectivity index is 1.44. The Bertz CT molecular complexity index is 834. The van der Waals surface area contributed by atoms with Gasteiger partial charge in [-0.05, 0) is 17.7 Å². The van der Waals surface area contributed by atoms with Crippen LogP contribution in [0, 0.1) is 11.6 Å². The number of anilines is 1. The molecule has 0 radical (unpaired) electrons. The Morgan fingerprint density at radius 1 is 1.04 bits per heavy atom. The van der Waals surface area contributed by atoms with E-state index in [9.17, 15) is 13.6 Å². The summed E-state index contributed by atoms with van der Waals surface area (Å²) >= 11 is 0. The summed E-state index contributed by atoms with van der Waals surface area (Å²) in [4.78, 5) is 25.0. The molecular formula is C18H18F2N6O. The average Bonchev–Trinajstić information content (AvgIpc) is 3.17. The van der Waals surface area contributed by atoms with E-state index in [0.717, 1.165) is 11.9 Å². The topological polar surface area (TPSA) is 64.9 Å². The van der Waals surface area contributed by atoms with E-state index in [-0.39, 0.29) is 6.03 Å². The monoisotopic (exact) mass is 372 g/mol. The normalized spacial score (nSPS) is 19.6. The largest absolute Gasteiger partial charge is 0.352 e. The van der Waals surface area contributed by atoms with Gasteiger partial charge in [-0.3, -0.25) is 4.98 Å². The first-order chi connectivity index (χ1) is 13.1. The molecule has 0 saturated carbocycles. The molecule has 1 fully saturated rings. The van der Waals surface area contributed by atoms with E-state index in [1.165, 1.54) is 17.1 Å². The number of carbonyl (C=O) groups is 1. The van der Waals surface area contributed by atoms with Gasteiger partial charge in [0.1, 0.15) is 17.5 Å². The Morgan fingerprint density at radius 3 is 2.44 bits per heavy atom. The molecule has 140 valence electrons. The molecule has 0 aliphatic carbocycles. The van der Waals surface area contributed by atoms with Crippen LogP contribution >= 0.6 is 0 Å². The molecule has 2 aliphatic rings. The molecule has 7 nitrogen and oxygen atoms in total. The third kappa shape index (κ3) is 3.57. The molecule has 1 aromatic heterocycles. The van der Waals surface area contributed by atoms with Crippen LogP contribution in [-0.2, 0) is 0 Å². The van der Waals surface area contributed by atoms with Crippen molar-refractivity contribution in [2.45, 2.75) is 12.5 Å². The van der Waals surface area contributed by atoms with Crippen molar-refractivity contribution in [1.29, 1.82) is 0 Å². The summed E-state index contributed by atoms with van der Waals surface area (Å²) in [6.07, 6.45) is 6.96. The average molecular weight is 372 g/mol. The third-order valence-corrected chi connectivity index (χ3v) is 4.72. The highest BCUT2D eigenvalue weighted by Gasteiger charge is 2.33. The summed E-state index contributed by atoms with van der Waals surface area (Å²) in [6.45, 7) is 2.26. The minimum absolute atomic E-state index is 0.266. The second kappa shape index (κ2) is 7.26. The van der Waals surface area contributed by atoms with E-state index in [2.05, 4.69) is 20.0 Å². The Labute approximate surface area is 154 Å². The summed E-state index contributed by atoms with van der Waals surface area (Å²) in [5.74, 6) is -0.555. The minimum Gasteiger partial charge on any atom is -0.352 e. The van der Waals surface area contributed by atoms with Gasteiger partial charge in [0.2, 0.25) is 0 Å². The molecule has 1 aromatic carbocycles. The molecule has 2 amide bonds. The van der Waals surface area contributed by atoms with Gasteiger partial charge in [0, 0.05) is 57.3 Å². The number of urea groups is 1. The highest BCUT2D eigenvalue weighted by molar-refractivity contribution is 5.78. The fraction of sp³-hybridized carbons (Fsp3) is 0.333. The molecule has 3 heterocycles. The number of nitrogens with zero attached hydrogens (tertiary/aromatic N) is 6. The van der Waals surface area contributed by atoms with Crippen LogP contribution in [0.25, 0.3) is 0 Å². The van der Waals surface area contributed by atoms with Gasteiger partial charge >= 0.3 is 6.03 Å². The van der Waals surface area contributed by atoms with E-state index in [4.69, 9.17) is 0 Å². The first kappa shape index (κ1) is 17.3. The molecule has 0 N–H and O–H groups in total. The molecule has 1 saturated heterocycles. The lowest BCUT2D eigenvalue weighted by atomic mass is 10.0. The number of piperazine rings is 1. The molecule has 1 atom stereocenters. The zero-order chi connectivity index (χ0) is 18.8. The Morgan fingerprint density at radius 2 is 1.78 bits per heavy atom. The summed E-state index contributed by atoms with van der Waals surface area (Å²) in [6, 6.07) is 2.54. The van der Waals surface area contributed by atoms with Crippen LogP contribution in [0.15, 0.2) is 41.9 Å². The van der Waals surface area contributed by atoms with Gasteiger partial charge in [-0.1, -0.05) is 0 Å². The molecule has 9 heteroatoms. The maximum Gasteiger partial charge on any atom is 0.341 e. The van der Waals surface area contributed by atoms with Crippen molar-refractivity contribution in [2.75, 3.05) is 31.1 Å². The highest BCUT2D eigenvalue weighted by Crippen LogP contribution is 2.30. The molecule has 27 heavy (non-hydrogen) atoms. The van der Waals surface area contributed by atoms with Crippen molar-refractivity contribution in [3.8, 4) is 0 Å². The molecule has 0 unspecified atom stereocenters. The van der Waals surface area contributed by atoms with Crippen LogP contribution in [0.1, 0.15) is 18.0 Å². The molecule has 0 bridgehead atoms. The number of rotatable bonds is 2. The lowest BCUT2D eigenvalue weighted by molar-refractivity contribution is 0.139. The molecule has 2 aliphatic heterocycles. The Hall–Kier alpha value is -3.10. The molecule has 0 spiro atoms. The van der Waals surface area contributed by atoms with Crippen LogP contribution in [0.4, 0.5) is 19.4 Å². The minimum atomic E-state index is -0.665. The third-order valence-electron chi connectivity index (χ3n) is 4.72. The van der Waals surface area contributed by atoms with Crippen LogP contribution in [0.5, 0.6) is 0 Å². The summed E-state index contributed by atoms with van der Waals surface area (Å²) in [5.41, 5.74) is 0.400. The van der Waals surface area contributed by atoms with E-state index >= 15 is 0 Å².